The first-order valence-electron chi connectivity index (χ1n) is 8.64. The number of carbonyl (C=O) groups is 1. The second-order valence-electron chi connectivity index (χ2n) is 6.64. The Bertz CT molecular complexity index is 1180. The average molecular weight is 449 g/mol. The van der Waals surface area contributed by atoms with Crippen molar-refractivity contribution in [2.45, 2.75) is 18.4 Å². The molecule has 1 heterocycles. The molecule has 0 unspecified atom stereocenters. The number of nitrogens with one attached hydrogen (secondary N) is 1. The minimum atomic E-state index is -3.53. The van der Waals surface area contributed by atoms with Gasteiger partial charge in [0.15, 0.2) is 9.84 Å². The molecule has 8 heteroatoms. The molecule has 1 amide bonds. The Kier molecular flexibility index (Phi) is 6.27. The first-order valence-corrected chi connectivity index (χ1v) is 11.3. The fourth-order valence-corrected chi connectivity index (χ4v) is 3.65. The third-order valence-corrected chi connectivity index (χ3v) is 6.11. The van der Waals surface area contributed by atoms with Crippen molar-refractivity contribution in [3.05, 3.63) is 81.6 Å². The van der Waals surface area contributed by atoms with Crippen molar-refractivity contribution in [2.75, 3.05) is 6.26 Å². The number of aryl methyl sites for hydroxylation is 1. The van der Waals surface area contributed by atoms with Crippen molar-refractivity contribution < 1.29 is 13.2 Å². The van der Waals surface area contributed by atoms with Crippen LogP contribution in [-0.4, -0.2) is 25.6 Å². The molecule has 0 saturated carbocycles. The van der Waals surface area contributed by atoms with Crippen molar-refractivity contribution >= 4 is 38.9 Å². The summed E-state index contributed by atoms with van der Waals surface area (Å²) < 4.78 is 24.3. The van der Waals surface area contributed by atoms with Gasteiger partial charge in [-0.15, -0.1) is 0 Å². The van der Waals surface area contributed by atoms with Gasteiger partial charge in [-0.05, 0) is 60.0 Å². The summed E-state index contributed by atoms with van der Waals surface area (Å²) in [6, 6.07) is 13.2. The highest BCUT2D eigenvalue weighted by Crippen LogP contribution is 2.30. The molecule has 5 nitrogen and oxygen atoms in total. The van der Waals surface area contributed by atoms with E-state index in [4.69, 9.17) is 23.2 Å². The van der Waals surface area contributed by atoms with Crippen molar-refractivity contribution in [1.82, 2.24) is 10.3 Å². The van der Waals surface area contributed by atoms with E-state index in [0.717, 1.165) is 17.5 Å². The number of hydrogen-bond acceptors (Lipinski definition) is 4. The van der Waals surface area contributed by atoms with Gasteiger partial charge in [0.05, 0.1) is 14.9 Å². The molecule has 1 aromatic heterocycles. The second kappa shape index (κ2) is 8.53. The highest BCUT2D eigenvalue weighted by atomic mass is 35.5. The van der Waals surface area contributed by atoms with E-state index in [1.54, 1.807) is 30.5 Å². The number of rotatable bonds is 5. The third-order valence-electron chi connectivity index (χ3n) is 4.28. The highest BCUT2D eigenvalue weighted by Gasteiger charge is 2.16. The number of aromatic nitrogens is 1. The van der Waals surface area contributed by atoms with E-state index in [0.29, 0.717) is 21.2 Å². The van der Waals surface area contributed by atoms with Crippen LogP contribution in [0.3, 0.4) is 0 Å². The van der Waals surface area contributed by atoms with Crippen LogP contribution in [0.15, 0.2) is 59.6 Å². The van der Waals surface area contributed by atoms with Gasteiger partial charge in [-0.25, -0.2) is 8.42 Å². The number of halogens is 2. The number of sulfone groups is 1. The third kappa shape index (κ3) is 5.35. The van der Waals surface area contributed by atoms with Gasteiger partial charge in [0, 0.05) is 30.3 Å². The lowest BCUT2D eigenvalue weighted by Gasteiger charge is -2.11. The molecule has 2 aromatic carbocycles. The van der Waals surface area contributed by atoms with Crippen molar-refractivity contribution in [3.8, 4) is 11.1 Å². The molecule has 0 bridgehead atoms. The smallest absolute Gasteiger partial charge is 0.251 e. The highest BCUT2D eigenvalue weighted by molar-refractivity contribution is 7.90. The fraction of sp³-hybridized carbons (Fsp3) is 0.143. The summed E-state index contributed by atoms with van der Waals surface area (Å²) in [4.78, 5) is 16.9. The van der Waals surface area contributed by atoms with Crippen LogP contribution >= 0.6 is 23.2 Å². The second-order valence-corrected chi connectivity index (χ2v) is 9.47. The molecule has 0 aliphatic heterocycles. The molecule has 0 aliphatic carbocycles. The van der Waals surface area contributed by atoms with Crippen molar-refractivity contribution in [1.29, 1.82) is 0 Å². The first-order chi connectivity index (χ1) is 13.6. The Morgan fingerprint density at radius 2 is 1.76 bits per heavy atom. The standard InChI is InChI=1S/C21H18Cl2N2O3S/c1-13-3-4-14(11-24-13)12-25-21(26)17-7-16(8-18(9-17)29(2,27)28)15-5-6-19(22)20(23)10-15/h3-11H,12H2,1-2H3,(H,25,26). The van der Waals surface area contributed by atoms with E-state index >= 15 is 0 Å². The lowest BCUT2D eigenvalue weighted by atomic mass is 10.0. The quantitative estimate of drug-likeness (QED) is 0.613. The van der Waals surface area contributed by atoms with Crippen LogP contribution in [0.1, 0.15) is 21.6 Å². The average Bonchev–Trinajstić information content (AvgIpc) is 2.68. The van der Waals surface area contributed by atoms with E-state index in [1.165, 1.54) is 12.1 Å². The van der Waals surface area contributed by atoms with Crippen LogP contribution in [0, 0.1) is 6.92 Å². The molecule has 1 N–H and O–H groups in total. The number of carbonyl (C=O) groups excluding carboxylic acids is 1. The van der Waals surface area contributed by atoms with Crippen LogP contribution in [-0.2, 0) is 16.4 Å². The summed E-state index contributed by atoms with van der Waals surface area (Å²) >= 11 is 12.1. The summed E-state index contributed by atoms with van der Waals surface area (Å²) in [7, 11) is -3.53. The van der Waals surface area contributed by atoms with Gasteiger partial charge in [0.2, 0.25) is 0 Å². The number of hydrogen-bond donors (Lipinski definition) is 1. The fourth-order valence-electron chi connectivity index (χ4n) is 2.67. The van der Waals surface area contributed by atoms with Gasteiger partial charge >= 0.3 is 0 Å². The van der Waals surface area contributed by atoms with Crippen LogP contribution in [0.4, 0.5) is 0 Å². The van der Waals surface area contributed by atoms with Gasteiger partial charge in [0.25, 0.3) is 5.91 Å². The lowest BCUT2D eigenvalue weighted by Crippen LogP contribution is -2.23. The molecule has 3 rings (SSSR count). The molecule has 0 spiro atoms. The summed E-state index contributed by atoms with van der Waals surface area (Å²) in [5, 5.41) is 3.52. The molecular formula is C21H18Cl2N2O3S. The van der Waals surface area contributed by atoms with E-state index in [9.17, 15) is 13.2 Å². The van der Waals surface area contributed by atoms with Gasteiger partial charge in [-0.2, -0.15) is 0 Å². The van der Waals surface area contributed by atoms with E-state index in [-0.39, 0.29) is 17.0 Å². The SMILES string of the molecule is Cc1ccc(CNC(=O)c2cc(-c3ccc(Cl)c(Cl)c3)cc(S(C)(=O)=O)c2)cn1. The molecule has 0 fully saturated rings. The molecule has 0 aliphatic rings. The van der Waals surface area contributed by atoms with Crippen LogP contribution in [0.25, 0.3) is 11.1 Å². The van der Waals surface area contributed by atoms with E-state index in [2.05, 4.69) is 10.3 Å². The normalized spacial score (nSPS) is 11.3. The van der Waals surface area contributed by atoms with Gasteiger partial charge in [-0.3, -0.25) is 9.78 Å². The van der Waals surface area contributed by atoms with Crippen molar-refractivity contribution in [2.24, 2.45) is 0 Å². The van der Waals surface area contributed by atoms with Crippen LogP contribution < -0.4 is 5.32 Å². The van der Waals surface area contributed by atoms with Gasteiger partial charge in [-0.1, -0.05) is 35.3 Å². The summed E-state index contributed by atoms with van der Waals surface area (Å²) in [6.07, 6.45) is 2.78. The molecule has 29 heavy (non-hydrogen) atoms. The number of pyridine rings is 1. The Morgan fingerprint density at radius 3 is 2.38 bits per heavy atom. The number of nitrogens with zero attached hydrogens (tertiary/aromatic N) is 1. The summed E-state index contributed by atoms with van der Waals surface area (Å²) in [5.74, 6) is -0.391. The monoisotopic (exact) mass is 448 g/mol. The summed E-state index contributed by atoms with van der Waals surface area (Å²) in [5.41, 5.74) is 3.16. The minimum absolute atomic E-state index is 0.0447. The largest absolute Gasteiger partial charge is 0.348 e. The van der Waals surface area contributed by atoms with Gasteiger partial charge < -0.3 is 5.32 Å². The molecule has 0 atom stereocenters. The minimum Gasteiger partial charge on any atom is -0.348 e. The summed E-state index contributed by atoms with van der Waals surface area (Å²) in [6.45, 7) is 2.15. The number of amides is 1. The predicted molar refractivity (Wildman–Crippen MR) is 115 cm³/mol. The molecular weight excluding hydrogens is 431 g/mol. The molecule has 3 aromatic rings. The molecule has 0 radical (unpaired) electrons. The van der Waals surface area contributed by atoms with Crippen molar-refractivity contribution in [3.63, 3.8) is 0 Å². The van der Waals surface area contributed by atoms with Gasteiger partial charge in [0.1, 0.15) is 0 Å². The Morgan fingerprint density at radius 1 is 1.00 bits per heavy atom. The molecule has 150 valence electrons. The van der Waals surface area contributed by atoms with E-state index in [1.807, 2.05) is 19.1 Å². The van der Waals surface area contributed by atoms with Crippen LogP contribution in [0.2, 0.25) is 10.0 Å². The zero-order valence-corrected chi connectivity index (χ0v) is 18.1. The maximum absolute atomic E-state index is 12.7. The Balaban J connectivity index is 1.95. The first kappa shape index (κ1) is 21.3. The zero-order chi connectivity index (χ0) is 21.2. The molecule has 0 saturated heterocycles. The van der Waals surface area contributed by atoms with E-state index < -0.39 is 15.7 Å². The zero-order valence-electron chi connectivity index (χ0n) is 15.7. The maximum Gasteiger partial charge on any atom is 0.251 e. The van der Waals surface area contributed by atoms with Crippen LogP contribution in [0.5, 0.6) is 0 Å². The lowest BCUT2D eigenvalue weighted by molar-refractivity contribution is 0.0950. The predicted octanol–water partition coefficient (Wildman–Crippen LogP) is 4.70. The topological polar surface area (TPSA) is 76.1 Å². The Labute approximate surface area is 179 Å². The number of benzene rings is 2. The maximum atomic E-state index is 12.7. The Hall–Kier alpha value is -2.41.